The van der Waals surface area contributed by atoms with E-state index in [0.717, 1.165) is 51.4 Å². The number of hydrogen-bond acceptors (Lipinski definition) is 4. The van der Waals surface area contributed by atoms with Crippen LogP contribution in [0.1, 0.15) is 271 Å². The van der Waals surface area contributed by atoms with Crippen molar-refractivity contribution in [1.82, 2.24) is 0 Å². The first kappa shape index (κ1) is 48.9. The molecule has 0 aliphatic carbocycles. The Bertz CT molecular complexity index is 607. The highest BCUT2D eigenvalue weighted by Crippen LogP contribution is 2.16. The van der Waals surface area contributed by atoms with E-state index in [0.29, 0.717) is 26.1 Å². The molecule has 0 rings (SSSR count). The van der Waals surface area contributed by atoms with Crippen LogP contribution in [0.5, 0.6) is 0 Å². The van der Waals surface area contributed by atoms with Gasteiger partial charge in [0.05, 0.1) is 13.2 Å². The highest BCUT2D eigenvalue weighted by molar-refractivity contribution is 5.69. The molecule has 4 nitrogen and oxygen atoms in total. The lowest BCUT2D eigenvalue weighted by Crippen LogP contribution is -2.06. The molecule has 0 radical (unpaired) electrons. The highest BCUT2D eigenvalue weighted by atomic mass is 16.5. The van der Waals surface area contributed by atoms with Gasteiger partial charge in [-0.3, -0.25) is 9.59 Å². The Morgan fingerprint density at radius 2 is 0.440 bits per heavy atom. The topological polar surface area (TPSA) is 52.6 Å². The maximum absolute atomic E-state index is 12.0. The highest BCUT2D eigenvalue weighted by Gasteiger charge is 2.05. The van der Waals surface area contributed by atoms with E-state index in [4.69, 9.17) is 9.47 Å². The smallest absolute Gasteiger partial charge is 0.305 e. The van der Waals surface area contributed by atoms with E-state index in [1.807, 2.05) is 0 Å². The minimum atomic E-state index is -0.0296. The fourth-order valence-corrected chi connectivity index (χ4v) is 7.06. The van der Waals surface area contributed by atoms with Gasteiger partial charge < -0.3 is 9.47 Å². The summed E-state index contributed by atoms with van der Waals surface area (Å²) in [7, 11) is 0. The maximum Gasteiger partial charge on any atom is 0.305 e. The third-order valence-corrected chi connectivity index (χ3v) is 10.5. The SMILES string of the molecule is CCCCCCCCCCCCCCCCCCOC(=O)CCCCCCCCC(=O)OCCCCCCCCCCCCCCCCCC. The van der Waals surface area contributed by atoms with Crippen LogP contribution in [0.15, 0.2) is 0 Å². The second kappa shape index (κ2) is 44.1. The molecule has 0 aliphatic rings. The number of hydrogen-bond donors (Lipinski definition) is 0. The number of esters is 2. The molecule has 0 unspecified atom stereocenters. The van der Waals surface area contributed by atoms with Gasteiger partial charge in [0.25, 0.3) is 0 Å². The molecule has 0 aromatic rings. The van der Waals surface area contributed by atoms with Crippen molar-refractivity contribution in [2.24, 2.45) is 0 Å². The summed E-state index contributed by atoms with van der Waals surface area (Å²) in [6.45, 7) is 5.75. The fraction of sp³-hybridized carbons (Fsp3) is 0.957. The third-order valence-electron chi connectivity index (χ3n) is 10.5. The van der Waals surface area contributed by atoms with Crippen molar-refractivity contribution in [1.29, 1.82) is 0 Å². The number of carbonyl (C=O) groups is 2. The second-order valence-corrected chi connectivity index (χ2v) is 15.7. The molecule has 4 heteroatoms. The van der Waals surface area contributed by atoms with Gasteiger partial charge in [-0.2, -0.15) is 0 Å². The molecule has 50 heavy (non-hydrogen) atoms. The molecule has 0 saturated heterocycles. The molecule has 0 bridgehead atoms. The molecule has 0 saturated carbocycles. The van der Waals surface area contributed by atoms with Crippen molar-refractivity contribution >= 4 is 11.9 Å². The van der Waals surface area contributed by atoms with Crippen LogP contribution < -0.4 is 0 Å². The Hall–Kier alpha value is -1.06. The molecule has 0 spiro atoms. The van der Waals surface area contributed by atoms with Gasteiger partial charge in [0.2, 0.25) is 0 Å². The van der Waals surface area contributed by atoms with Gasteiger partial charge in [0, 0.05) is 12.8 Å². The van der Waals surface area contributed by atoms with Gasteiger partial charge in [0.15, 0.2) is 0 Å². The number of unbranched alkanes of at least 4 members (excludes halogenated alkanes) is 35. The zero-order valence-electron chi connectivity index (χ0n) is 34.3. The van der Waals surface area contributed by atoms with Gasteiger partial charge in [0.1, 0.15) is 0 Å². The van der Waals surface area contributed by atoms with Gasteiger partial charge >= 0.3 is 11.9 Å². The van der Waals surface area contributed by atoms with Gasteiger partial charge in [-0.25, -0.2) is 0 Å². The van der Waals surface area contributed by atoms with E-state index in [1.165, 1.54) is 193 Å². The zero-order chi connectivity index (χ0) is 36.3. The number of carbonyl (C=O) groups excluding carboxylic acids is 2. The molecule has 298 valence electrons. The first-order valence-electron chi connectivity index (χ1n) is 23.0. The molecule has 0 fully saturated rings. The first-order chi connectivity index (χ1) is 24.7. The Balaban J connectivity index is 3.23. The van der Waals surface area contributed by atoms with Crippen LogP contribution in [0.3, 0.4) is 0 Å². The largest absolute Gasteiger partial charge is 0.466 e. The molecule has 0 amide bonds. The van der Waals surface area contributed by atoms with Crippen molar-refractivity contribution in [2.45, 2.75) is 271 Å². The van der Waals surface area contributed by atoms with E-state index >= 15 is 0 Å². The lowest BCUT2D eigenvalue weighted by Gasteiger charge is -2.06. The Morgan fingerprint density at radius 1 is 0.260 bits per heavy atom. The average molecular weight is 707 g/mol. The average Bonchev–Trinajstić information content (AvgIpc) is 3.12. The van der Waals surface area contributed by atoms with E-state index in [2.05, 4.69) is 13.8 Å². The second-order valence-electron chi connectivity index (χ2n) is 15.7. The van der Waals surface area contributed by atoms with Crippen LogP contribution in [-0.2, 0) is 19.1 Å². The van der Waals surface area contributed by atoms with Crippen molar-refractivity contribution in [3.05, 3.63) is 0 Å². The Morgan fingerprint density at radius 3 is 0.660 bits per heavy atom. The molecular weight excluding hydrogens is 617 g/mol. The predicted molar refractivity (Wildman–Crippen MR) is 218 cm³/mol. The quantitative estimate of drug-likeness (QED) is 0.0468. The number of ether oxygens (including phenoxy) is 2. The van der Waals surface area contributed by atoms with Gasteiger partial charge in [-0.05, 0) is 25.7 Å². The first-order valence-corrected chi connectivity index (χ1v) is 23.0. The molecule has 0 aromatic carbocycles. The van der Waals surface area contributed by atoms with Crippen LogP contribution in [0.4, 0.5) is 0 Å². The molecule has 0 heterocycles. The van der Waals surface area contributed by atoms with Crippen LogP contribution in [0.2, 0.25) is 0 Å². The Kier molecular flexibility index (Phi) is 43.2. The summed E-state index contributed by atoms with van der Waals surface area (Å²) in [5.41, 5.74) is 0. The zero-order valence-corrected chi connectivity index (χ0v) is 34.3. The summed E-state index contributed by atoms with van der Waals surface area (Å²) in [4.78, 5) is 24.0. The number of rotatable bonds is 43. The van der Waals surface area contributed by atoms with Crippen LogP contribution >= 0.6 is 0 Å². The van der Waals surface area contributed by atoms with Crippen LogP contribution in [0.25, 0.3) is 0 Å². The van der Waals surface area contributed by atoms with Gasteiger partial charge in [-0.1, -0.05) is 232 Å². The minimum Gasteiger partial charge on any atom is -0.466 e. The molecule has 0 aliphatic heterocycles. The summed E-state index contributed by atoms with van der Waals surface area (Å²) in [6, 6.07) is 0. The van der Waals surface area contributed by atoms with E-state index < -0.39 is 0 Å². The normalized spacial score (nSPS) is 11.3. The molecule has 0 N–H and O–H groups in total. The summed E-state index contributed by atoms with van der Waals surface area (Å²) in [5, 5.41) is 0. The summed E-state index contributed by atoms with van der Waals surface area (Å²) < 4.78 is 10.9. The third kappa shape index (κ3) is 43.1. The van der Waals surface area contributed by atoms with E-state index in [-0.39, 0.29) is 11.9 Å². The standard InChI is InChI=1S/C46H90O4/c1-3-5-7-9-11-13-15-17-19-21-23-25-27-31-35-39-43-49-45(47)41-37-33-29-30-34-38-42-46(48)50-44-40-36-32-28-26-24-22-20-18-16-14-12-10-8-6-4-2/h3-44H2,1-2H3. The minimum absolute atomic E-state index is 0.0296. The summed E-state index contributed by atoms with van der Waals surface area (Å²) >= 11 is 0. The molecule has 0 atom stereocenters. The Labute approximate surface area is 314 Å². The lowest BCUT2D eigenvalue weighted by molar-refractivity contribution is -0.144. The van der Waals surface area contributed by atoms with Crippen molar-refractivity contribution in [2.75, 3.05) is 13.2 Å². The van der Waals surface area contributed by atoms with Crippen molar-refractivity contribution in [3.8, 4) is 0 Å². The van der Waals surface area contributed by atoms with Crippen molar-refractivity contribution in [3.63, 3.8) is 0 Å². The van der Waals surface area contributed by atoms with Crippen LogP contribution in [0, 0.1) is 0 Å². The van der Waals surface area contributed by atoms with Gasteiger partial charge in [-0.15, -0.1) is 0 Å². The summed E-state index contributed by atoms with van der Waals surface area (Å²) in [6.07, 6.45) is 50.8. The maximum atomic E-state index is 12.0. The molecule has 0 aromatic heterocycles. The van der Waals surface area contributed by atoms with Crippen LogP contribution in [-0.4, -0.2) is 25.2 Å². The summed E-state index contributed by atoms with van der Waals surface area (Å²) in [5.74, 6) is -0.0592. The lowest BCUT2D eigenvalue weighted by atomic mass is 10.0. The van der Waals surface area contributed by atoms with E-state index in [1.54, 1.807) is 0 Å². The van der Waals surface area contributed by atoms with E-state index in [9.17, 15) is 9.59 Å². The predicted octanol–water partition coefficient (Wildman–Crippen LogP) is 15.7. The monoisotopic (exact) mass is 707 g/mol. The van der Waals surface area contributed by atoms with Crippen molar-refractivity contribution < 1.29 is 19.1 Å². The molecular formula is C46H90O4. The fourth-order valence-electron chi connectivity index (χ4n) is 7.06.